The second-order valence-corrected chi connectivity index (χ2v) is 3.88. The fourth-order valence-corrected chi connectivity index (χ4v) is 1.29. The molecule has 0 unspecified atom stereocenters. The predicted octanol–water partition coefficient (Wildman–Crippen LogP) is 1.67. The molecule has 3 N–H and O–H groups in total. The van der Waals surface area contributed by atoms with Gasteiger partial charge in [0.2, 0.25) is 0 Å². The number of nitrogens with one attached hydrogen (secondary N) is 1. The number of nitrogens with two attached hydrogens (primary N) is 1. The third kappa shape index (κ3) is 3.60. The number of hydrogen-bond donors (Lipinski definition) is 2. The zero-order valence-electron chi connectivity index (χ0n) is 8.09. The Hall–Kier alpha value is -0.940. The van der Waals surface area contributed by atoms with Crippen molar-refractivity contribution in [2.45, 2.75) is 6.42 Å². The molecule has 0 radical (unpaired) electrons. The van der Waals surface area contributed by atoms with Crippen LogP contribution in [0.4, 0.5) is 4.39 Å². The van der Waals surface area contributed by atoms with E-state index in [1.807, 2.05) is 0 Å². The van der Waals surface area contributed by atoms with E-state index in [4.69, 9.17) is 5.73 Å². The van der Waals surface area contributed by atoms with Gasteiger partial charge in [-0.1, -0.05) is 0 Å². The summed E-state index contributed by atoms with van der Waals surface area (Å²) >= 11 is 3.02. The third-order valence-corrected chi connectivity index (χ3v) is 2.49. The summed E-state index contributed by atoms with van der Waals surface area (Å²) in [5.74, 6) is -0.726. The SMILES string of the molecule is NCCCNC(=O)c1ccc(Br)c(F)c1. The second kappa shape index (κ2) is 5.82. The van der Waals surface area contributed by atoms with Crippen LogP contribution in [0.25, 0.3) is 0 Å². The van der Waals surface area contributed by atoms with E-state index in [0.29, 0.717) is 29.5 Å². The Kier molecular flexibility index (Phi) is 4.71. The molecule has 1 aromatic rings. The molecular weight excluding hydrogens is 263 g/mol. The highest BCUT2D eigenvalue weighted by atomic mass is 79.9. The number of rotatable bonds is 4. The molecule has 0 aliphatic rings. The lowest BCUT2D eigenvalue weighted by atomic mass is 10.2. The van der Waals surface area contributed by atoms with E-state index in [0.717, 1.165) is 0 Å². The van der Waals surface area contributed by atoms with Crippen molar-refractivity contribution in [2.75, 3.05) is 13.1 Å². The van der Waals surface area contributed by atoms with Gasteiger partial charge in [0, 0.05) is 12.1 Å². The van der Waals surface area contributed by atoms with Crippen LogP contribution in [-0.2, 0) is 0 Å². The van der Waals surface area contributed by atoms with Gasteiger partial charge in [0.05, 0.1) is 4.47 Å². The van der Waals surface area contributed by atoms with Gasteiger partial charge in [-0.15, -0.1) is 0 Å². The number of hydrogen-bond acceptors (Lipinski definition) is 2. The highest BCUT2D eigenvalue weighted by Gasteiger charge is 2.07. The van der Waals surface area contributed by atoms with E-state index >= 15 is 0 Å². The molecule has 0 saturated carbocycles. The molecule has 1 rings (SSSR count). The Labute approximate surface area is 96.0 Å². The standard InChI is InChI=1S/C10H12BrFN2O/c11-8-3-2-7(6-9(8)12)10(15)14-5-1-4-13/h2-3,6H,1,4-5,13H2,(H,14,15). The zero-order chi connectivity index (χ0) is 11.3. The minimum absolute atomic E-state index is 0.283. The monoisotopic (exact) mass is 274 g/mol. The molecule has 0 atom stereocenters. The number of halogens is 2. The molecule has 0 bridgehead atoms. The predicted molar refractivity (Wildman–Crippen MR) is 60.1 cm³/mol. The summed E-state index contributed by atoms with van der Waals surface area (Å²) in [6, 6.07) is 4.26. The van der Waals surface area contributed by atoms with Gasteiger partial charge in [-0.2, -0.15) is 0 Å². The van der Waals surface area contributed by atoms with Crippen LogP contribution in [0.5, 0.6) is 0 Å². The Morgan fingerprint density at radius 3 is 2.87 bits per heavy atom. The first-order valence-corrected chi connectivity index (χ1v) is 5.37. The smallest absolute Gasteiger partial charge is 0.251 e. The van der Waals surface area contributed by atoms with E-state index in [9.17, 15) is 9.18 Å². The Morgan fingerprint density at radius 2 is 2.27 bits per heavy atom. The van der Waals surface area contributed by atoms with Crippen LogP contribution in [0.15, 0.2) is 22.7 Å². The summed E-state index contributed by atoms with van der Waals surface area (Å²) in [5.41, 5.74) is 5.59. The van der Waals surface area contributed by atoms with Gasteiger partial charge in [0.1, 0.15) is 5.82 Å². The van der Waals surface area contributed by atoms with E-state index in [1.54, 1.807) is 6.07 Å². The topological polar surface area (TPSA) is 55.1 Å². The summed E-state index contributed by atoms with van der Waals surface area (Å²) < 4.78 is 13.4. The van der Waals surface area contributed by atoms with Gasteiger partial charge >= 0.3 is 0 Å². The molecule has 82 valence electrons. The number of benzene rings is 1. The first-order chi connectivity index (χ1) is 7.15. The molecular formula is C10H12BrFN2O. The molecule has 1 amide bonds. The van der Waals surface area contributed by atoms with Crippen molar-refractivity contribution in [3.63, 3.8) is 0 Å². The molecule has 0 fully saturated rings. The van der Waals surface area contributed by atoms with Crippen molar-refractivity contribution in [1.82, 2.24) is 5.32 Å². The maximum Gasteiger partial charge on any atom is 0.251 e. The molecule has 0 saturated heterocycles. The normalized spacial score (nSPS) is 10.1. The van der Waals surface area contributed by atoms with Crippen LogP contribution in [-0.4, -0.2) is 19.0 Å². The van der Waals surface area contributed by atoms with Crippen LogP contribution >= 0.6 is 15.9 Å². The number of carbonyl (C=O) groups excluding carboxylic acids is 1. The fraction of sp³-hybridized carbons (Fsp3) is 0.300. The van der Waals surface area contributed by atoms with Gasteiger partial charge in [0.25, 0.3) is 5.91 Å². The first-order valence-electron chi connectivity index (χ1n) is 4.58. The van der Waals surface area contributed by atoms with Gasteiger partial charge in [-0.3, -0.25) is 4.79 Å². The minimum atomic E-state index is -0.443. The molecule has 5 heteroatoms. The lowest BCUT2D eigenvalue weighted by molar-refractivity contribution is 0.0953. The van der Waals surface area contributed by atoms with Crippen molar-refractivity contribution >= 4 is 21.8 Å². The maximum absolute atomic E-state index is 13.1. The van der Waals surface area contributed by atoms with Crippen LogP contribution in [0.2, 0.25) is 0 Å². The van der Waals surface area contributed by atoms with Gasteiger partial charge in [-0.25, -0.2) is 4.39 Å². The van der Waals surface area contributed by atoms with E-state index in [2.05, 4.69) is 21.2 Å². The Bertz CT molecular complexity index is 357. The van der Waals surface area contributed by atoms with Gasteiger partial charge in [-0.05, 0) is 47.1 Å². The first kappa shape index (κ1) is 12.1. The Balaban J connectivity index is 2.62. The number of amides is 1. The Morgan fingerprint density at radius 1 is 1.53 bits per heavy atom. The van der Waals surface area contributed by atoms with Crippen molar-refractivity contribution in [1.29, 1.82) is 0 Å². The van der Waals surface area contributed by atoms with Gasteiger partial charge < -0.3 is 11.1 Å². The van der Waals surface area contributed by atoms with Crippen molar-refractivity contribution in [2.24, 2.45) is 5.73 Å². The van der Waals surface area contributed by atoms with Crippen LogP contribution in [0, 0.1) is 5.82 Å². The van der Waals surface area contributed by atoms with Crippen molar-refractivity contribution in [3.8, 4) is 0 Å². The summed E-state index contributed by atoms with van der Waals surface area (Å²) in [4.78, 5) is 11.4. The molecule has 0 heterocycles. The lowest BCUT2D eigenvalue weighted by Crippen LogP contribution is -2.26. The summed E-state index contributed by atoms with van der Waals surface area (Å²) in [6.45, 7) is 1.03. The summed E-state index contributed by atoms with van der Waals surface area (Å²) in [7, 11) is 0. The van der Waals surface area contributed by atoms with Crippen molar-refractivity contribution < 1.29 is 9.18 Å². The molecule has 3 nitrogen and oxygen atoms in total. The molecule has 1 aromatic carbocycles. The molecule has 0 aromatic heterocycles. The van der Waals surface area contributed by atoms with E-state index in [-0.39, 0.29) is 5.91 Å². The van der Waals surface area contributed by atoms with Crippen LogP contribution < -0.4 is 11.1 Å². The molecule has 0 spiro atoms. The quantitative estimate of drug-likeness (QED) is 0.821. The number of carbonyl (C=O) groups is 1. The van der Waals surface area contributed by atoms with Crippen LogP contribution in [0.1, 0.15) is 16.8 Å². The minimum Gasteiger partial charge on any atom is -0.352 e. The summed E-state index contributed by atoms with van der Waals surface area (Å²) in [6.07, 6.45) is 0.713. The average molecular weight is 275 g/mol. The lowest BCUT2D eigenvalue weighted by Gasteiger charge is -2.04. The molecule has 15 heavy (non-hydrogen) atoms. The average Bonchev–Trinajstić information content (AvgIpc) is 2.22. The molecule has 0 aliphatic carbocycles. The highest BCUT2D eigenvalue weighted by Crippen LogP contribution is 2.16. The molecule has 0 aliphatic heterocycles. The van der Waals surface area contributed by atoms with Crippen LogP contribution in [0.3, 0.4) is 0 Å². The largest absolute Gasteiger partial charge is 0.352 e. The highest BCUT2D eigenvalue weighted by molar-refractivity contribution is 9.10. The van der Waals surface area contributed by atoms with Gasteiger partial charge in [0.15, 0.2) is 0 Å². The third-order valence-electron chi connectivity index (χ3n) is 1.85. The maximum atomic E-state index is 13.1. The summed E-state index contributed by atoms with van der Waals surface area (Å²) in [5, 5.41) is 2.65. The second-order valence-electron chi connectivity index (χ2n) is 3.03. The van der Waals surface area contributed by atoms with E-state index in [1.165, 1.54) is 12.1 Å². The zero-order valence-corrected chi connectivity index (χ0v) is 9.68. The van der Waals surface area contributed by atoms with Crippen molar-refractivity contribution in [3.05, 3.63) is 34.1 Å². The fourth-order valence-electron chi connectivity index (χ4n) is 1.04. The van der Waals surface area contributed by atoms with E-state index < -0.39 is 5.82 Å².